The zero-order valence-corrected chi connectivity index (χ0v) is 12.8. The van der Waals surface area contributed by atoms with Crippen LogP contribution in [0.4, 0.5) is 11.4 Å². The fourth-order valence-electron chi connectivity index (χ4n) is 1.32. The summed E-state index contributed by atoms with van der Waals surface area (Å²) >= 11 is 1.89. The maximum Gasteiger partial charge on any atom is 0.397 e. The van der Waals surface area contributed by atoms with Gasteiger partial charge in [-0.05, 0) is 35.6 Å². The highest BCUT2D eigenvalue weighted by molar-refractivity contribution is 14.1. The van der Waals surface area contributed by atoms with Crippen molar-refractivity contribution < 1.29 is 24.0 Å². The van der Waals surface area contributed by atoms with Crippen LogP contribution in [0.25, 0.3) is 0 Å². The van der Waals surface area contributed by atoms with E-state index in [0.717, 1.165) is 0 Å². The van der Waals surface area contributed by atoms with Crippen LogP contribution in [0, 0.1) is 13.7 Å². The zero-order chi connectivity index (χ0) is 15.3. The van der Waals surface area contributed by atoms with Crippen molar-refractivity contribution in [1.82, 2.24) is 0 Å². The Bertz CT molecular complexity index is 560. The van der Waals surface area contributed by atoms with E-state index in [1.54, 1.807) is 6.92 Å². The molecule has 0 aliphatic carbocycles. The molecule has 1 N–H and O–H groups in total. The summed E-state index contributed by atoms with van der Waals surface area (Å²) in [7, 11) is 1.37. The summed E-state index contributed by atoms with van der Waals surface area (Å²) in [6.45, 7) is 1.58. The van der Waals surface area contributed by atoms with Gasteiger partial charge in [-0.3, -0.25) is 14.9 Å². The Morgan fingerprint density at radius 2 is 2.10 bits per heavy atom. The third-order valence-corrected chi connectivity index (χ3v) is 3.02. The number of rotatable bonds is 4. The van der Waals surface area contributed by atoms with Crippen LogP contribution in [0.5, 0.6) is 5.75 Å². The lowest BCUT2D eigenvalue weighted by Gasteiger charge is -2.08. The standard InChI is InChI=1S/C11H11IN2O6/c1-3-20-11(16)10(15)13-7-4-6(12)9(19-2)5-8(7)14(17)18/h4-5H,3H2,1-2H3,(H,13,15). The van der Waals surface area contributed by atoms with E-state index in [9.17, 15) is 19.7 Å². The number of carbonyl (C=O) groups excluding carboxylic acids is 2. The second-order valence-electron chi connectivity index (χ2n) is 3.44. The fourth-order valence-corrected chi connectivity index (χ4v) is 2.01. The minimum atomic E-state index is -1.10. The van der Waals surface area contributed by atoms with Gasteiger partial charge in [0, 0.05) is 0 Å². The molecule has 0 atom stereocenters. The molecule has 0 unspecified atom stereocenters. The van der Waals surface area contributed by atoms with Crippen LogP contribution in [-0.2, 0) is 14.3 Å². The number of anilines is 1. The van der Waals surface area contributed by atoms with Crippen LogP contribution in [0.1, 0.15) is 6.92 Å². The van der Waals surface area contributed by atoms with Gasteiger partial charge in [-0.1, -0.05) is 0 Å². The van der Waals surface area contributed by atoms with Gasteiger partial charge in [-0.15, -0.1) is 0 Å². The minimum Gasteiger partial charge on any atom is -0.495 e. The molecule has 108 valence electrons. The molecule has 1 amide bonds. The summed E-state index contributed by atoms with van der Waals surface area (Å²) in [6, 6.07) is 2.51. The second-order valence-corrected chi connectivity index (χ2v) is 4.60. The summed E-state index contributed by atoms with van der Waals surface area (Å²) in [4.78, 5) is 33.0. The van der Waals surface area contributed by atoms with Gasteiger partial charge in [0.05, 0.1) is 28.3 Å². The summed E-state index contributed by atoms with van der Waals surface area (Å²) < 4.78 is 10.0. The third kappa shape index (κ3) is 3.79. The highest BCUT2D eigenvalue weighted by Crippen LogP contribution is 2.33. The molecule has 0 radical (unpaired) electrons. The molecule has 9 heteroatoms. The number of methoxy groups -OCH3 is 1. The van der Waals surface area contributed by atoms with Crippen LogP contribution in [0.15, 0.2) is 12.1 Å². The number of amides is 1. The molecule has 0 aromatic heterocycles. The lowest BCUT2D eigenvalue weighted by atomic mass is 10.2. The van der Waals surface area contributed by atoms with Gasteiger partial charge in [0.1, 0.15) is 11.4 Å². The molecule has 0 spiro atoms. The van der Waals surface area contributed by atoms with Gasteiger partial charge < -0.3 is 14.8 Å². The predicted molar refractivity (Wildman–Crippen MR) is 77.6 cm³/mol. The van der Waals surface area contributed by atoms with Crippen LogP contribution >= 0.6 is 22.6 Å². The largest absolute Gasteiger partial charge is 0.495 e. The number of esters is 1. The number of nitro groups is 1. The molecule has 0 bridgehead atoms. The van der Waals surface area contributed by atoms with Gasteiger partial charge in [-0.25, -0.2) is 4.79 Å². The Hall–Kier alpha value is -1.91. The molecule has 0 fully saturated rings. The molecule has 1 aromatic rings. The first-order valence-electron chi connectivity index (χ1n) is 5.40. The Labute approximate surface area is 127 Å². The van der Waals surface area contributed by atoms with E-state index < -0.39 is 16.8 Å². The van der Waals surface area contributed by atoms with Gasteiger partial charge >= 0.3 is 11.9 Å². The van der Waals surface area contributed by atoms with Gasteiger partial charge in [0.25, 0.3) is 5.69 Å². The number of hydrogen-bond acceptors (Lipinski definition) is 6. The molecule has 8 nitrogen and oxygen atoms in total. The van der Waals surface area contributed by atoms with Crippen molar-refractivity contribution in [2.24, 2.45) is 0 Å². The van der Waals surface area contributed by atoms with Gasteiger partial charge in [0.2, 0.25) is 0 Å². The van der Waals surface area contributed by atoms with Crippen molar-refractivity contribution in [3.05, 3.63) is 25.8 Å². The topological polar surface area (TPSA) is 108 Å². The summed E-state index contributed by atoms with van der Waals surface area (Å²) in [5, 5.41) is 13.1. The number of carbonyl (C=O) groups is 2. The van der Waals surface area contributed by atoms with E-state index >= 15 is 0 Å². The quantitative estimate of drug-likeness (QED) is 0.274. The lowest BCUT2D eigenvalue weighted by Crippen LogP contribution is -2.25. The number of ether oxygens (including phenoxy) is 2. The lowest BCUT2D eigenvalue weighted by molar-refractivity contribution is -0.384. The summed E-state index contributed by atoms with van der Waals surface area (Å²) in [5.74, 6) is -1.88. The molecule has 0 saturated heterocycles. The Morgan fingerprint density at radius 1 is 1.45 bits per heavy atom. The van der Waals surface area contributed by atoms with Crippen LogP contribution < -0.4 is 10.1 Å². The molecule has 0 heterocycles. The molecule has 0 aliphatic rings. The van der Waals surface area contributed by atoms with E-state index in [0.29, 0.717) is 9.32 Å². The van der Waals surface area contributed by atoms with Crippen LogP contribution in [0.2, 0.25) is 0 Å². The monoisotopic (exact) mass is 394 g/mol. The van der Waals surface area contributed by atoms with Crippen molar-refractivity contribution in [3.8, 4) is 5.75 Å². The smallest absolute Gasteiger partial charge is 0.397 e. The van der Waals surface area contributed by atoms with Gasteiger partial charge in [0.15, 0.2) is 0 Å². The van der Waals surface area contributed by atoms with Crippen molar-refractivity contribution in [1.29, 1.82) is 0 Å². The Balaban J connectivity index is 3.11. The molecular formula is C11H11IN2O6. The average Bonchev–Trinajstić information content (AvgIpc) is 2.38. The number of nitrogens with one attached hydrogen (secondary N) is 1. The zero-order valence-electron chi connectivity index (χ0n) is 10.6. The number of halogens is 1. The first-order valence-corrected chi connectivity index (χ1v) is 6.48. The highest BCUT2D eigenvalue weighted by Gasteiger charge is 2.23. The number of hydrogen-bond donors (Lipinski definition) is 1. The minimum absolute atomic E-state index is 0.0362. The maximum atomic E-state index is 11.5. The second kappa shape index (κ2) is 7.03. The molecular weight excluding hydrogens is 383 g/mol. The first-order chi connectivity index (χ1) is 9.40. The number of nitrogens with zero attached hydrogens (tertiary/aromatic N) is 1. The third-order valence-electron chi connectivity index (χ3n) is 2.18. The molecule has 1 aromatic carbocycles. The van der Waals surface area contributed by atoms with E-state index in [1.165, 1.54) is 19.2 Å². The average molecular weight is 394 g/mol. The normalized spacial score (nSPS) is 9.75. The van der Waals surface area contributed by atoms with E-state index in [1.807, 2.05) is 22.6 Å². The predicted octanol–water partition coefficient (Wildman–Crippen LogP) is 1.71. The molecule has 20 heavy (non-hydrogen) atoms. The first kappa shape index (κ1) is 16.1. The highest BCUT2D eigenvalue weighted by atomic mass is 127. The number of nitro benzene ring substituents is 1. The SMILES string of the molecule is CCOC(=O)C(=O)Nc1cc(I)c(OC)cc1[N+](=O)[O-]. The van der Waals surface area contributed by atoms with Crippen LogP contribution in [0.3, 0.4) is 0 Å². The number of benzene rings is 1. The Morgan fingerprint density at radius 3 is 2.60 bits per heavy atom. The van der Waals surface area contributed by atoms with Crippen molar-refractivity contribution in [2.45, 2.75) is 6.92 Å². The summed E-state index contributed by atoms with van der Waals surface area (Å²) in [6.07, 6.45) is 0. The van der Waals surface area contributed by atoms with Crippen molar-refractivity contribution in [2.75, 3.05) is 19.0 Å². The van der Waals surface area contributed by atoms with Gasteiger partial charge in [-0.2, -0.15) is 0 Å². The fraction of sp³-hybridized carbons (Fsp3) is 0.273. The van der Waals surface area contributed by atoms with Crippen LogP contribution in [-0.4, -0.2) is 30.5 Å². The molecule has 0 aliphatic heterocycles. The van der Waals surface area contributed by atoms with E-state index in [4.69, 9.17) is 4.74 Å². The van der Waals surface area contributed by atoms with E-state index in [2.05, 4.69) is 10.1 Å². The molecule has 0 saturated carbocycles. The summed E-state index contributed by atoms with van der Waals surface area (Å²) in [5.41, 5.74) is -0.474. The van der Waals surface area contributed by atoms with Crippen molar-refractivity contribution in [3.63, 3.8) is 0 Å². The van der Waals surface area contributed by atoms with Crippen molar-refractivity contribution >= 4 is 45.8 Å². The maximum absolute atomic E-state index is 11.5. The Kier molecular flexibility index (Phi) is 5.67. The van der Waals surface area contributed by atoms with E-state index in [-0.39, 0.29) is 18.0 Å². The molecule has 1 rings (SSSR count).